The molecule has 0 bridgehead atoms. The van der Waals surface area contributed by atoms with Crippen LogP contribution in [0, 0.1) is 11.8 Å². The second-order valence-electron chi connectivity index (χ2n) is 3.12. The Morgan fingerprint density at radius 2 is 1.56 bits per heavy atom. The van der Waals surface area contributed by atoms with Crippen LogP contribution in [0.5, 0.6) is 0 Å². The Labute approximate surface area is 57.6 Å². The number of nitrogens with two attached hydrogens (primary N) is 2. The van der Waals surface area contributed by atoms with Gasteiger partial charge in [-0.2, -0.15) is 0 Å². The highest BCUT2D eigenvalue weighted by atomic mass is 14.8. The summed E-state index contributed by atoms with van der Waals surface area (Å²) in [7, 11) is 0. The van der Waals surface area contributed by atoms with Crippen LogP contribution in [0.2, 0.25) is 0 Å². The lowest BCUT2D eigenvalue weighted by Crippen LogP contribution is -2.33. The fourth-order valence-electron chi connectivity index (χ4n) is 0.701. The Bertz CT molecular complexity index is 69.3. The summed E-state index contributed by atoms with van der Waals surface area (Å²) in [6, 6.07) is 0. The molecule has 0 saturated heterocycles. The molecule has 0 aromatic rings. The summed E-state index contributed by atoms with van der Waals surface area (Å²) in [5.74, 6) is 1.34. The maximum Gasteiger partial charge on any atom is 0.0523 e. The number of hydrogen-bond acceptors (Lipinski definition) is 2. The van der Waals surface area contributed by atoms with Gasteiger partial charge in [0.15, 0.2) is 0 Å². The highest BCUT2D eigenvalue weighted by Gasteiger charge is 2.08. The molecule has 4 N–H and O–H groups in total. The van der Waals surface area contributed by atoms with Gasteiger partial charge in [0, 0.05) is 0 Å². The lowest BCUT2D eigenvalue weighted by Gasteiger charge is -2.16. The van der Waals surface area contributed by atoms with Gasteiger partial charge in [-0.25, -0.2) is 0 Å². The van der Waals surface area contributed by atoms with Gasteiger partial charge in [-0.15, -0.1) is 0 Å². The summed E-state index contributed by atoms with van der Waals surface area (Å²) in [6.07, 6.45) is 0.792. The van der Waals surface area contributed by atoms with E-state index >= 15 is 0 Å². The van der Waals surface area contributed by atoms with Crippen molar-refractivity contribution in [3.05, 3.63) is 0 Å². The smallest absolute Gasteiger partial charge is 0.0523 e. The largest absolute Gasteiger partial charge is 0.316 e. The van der Waals surface area contributed by atoms with Crippen molar-refractivity contribution in [3.8, 4) is 0 Å². The Kier molecular flexibility index (Phi) is 3.82. The first-order valence-corrected chi connectivity index (χ1v) is 3.55. The Morgan fingerprint density at radius 1 is 1.11 bits per heavy atom. The first-order valence-electron chi connectivity index (χ1n) is 3.55. The molecule has 0 aromatic heterocycles. The fraction of sp³-hybridized carbons (Fsp3) is 1.00. The van der Waals surface area contributed by atoms with Crippen LogP contribution in [0.4, 0.5) is 0 Å². The number of hydrogen-bond donors (Lipinski definition) is 2. The molecule has 0 aliphatic rings. The first-order chi connectivity index (χ1) is 4.04. The van der Waals surface area contributed by atoms with Crippen LogP contribution in [-0.2, 0) is 0 Å². The van der Waals surface area contributed by atoms with Gasteiger partial charge in [0.05, 0.1) is 6.17 Å². The van der Waals surface area contributed by atoms with E-state index in [4.69, 9.17) is 11.5 Å². The highest BCUT2D eigenvalue weighted by molar-refractivity contribution is 4.61. The summed E-state index contributed by atoms with van der Waals surface area (Å²) < 4.78 is 0. The first kappa shape index (κ1) is 8.92. The summed E-state index contributed by atoms with van der Waals surface area (Å²) in [5.41, 5.74) is 10.8. The van der Waals surface area contributed by atoms with E-state index in [1.807, 2.05) is 0 Å². The van der Waals surface area contributed by atoms with Crippen molar-refractivity contribution in [2.75, 3.05) is 0 Å². The maximum atomic E-state index is 5.41. The van der Waals surface area contributed by atoms with Gasteiger partial charge in [0.1, 0.15) is 0 Å². The fourth-order valence-corrected chi connectivity index (χ4v) is 0.701. The average molecular weight is 130 g/mol. The molecule has 0 aliphatic carbocycles. The van der Waals surface area contributed by atoms with Crippen LogP contribution in [0.3, 0.4) is 0 Å². The third kappa shape index (κ3) is 4.43. The van der Waals surface area contributed by atoms with Crippen LogP contribution in [0.1, 0.15) is 27.2 Å². The Balaban J connectivity index is 3.38. The summed E-state index contributed by atoms with van der Waals surface area (Å²) in [5, 5.41) is 0. The van der Waals surface area contributed by atoms with Gasteiger partial charge in [0.25, 0.3) is 0 Å². The molecule has 0 radical (unpaired) electrons. The normalized spacial score (nSPS) is 15.0. The minimum Gasteiger partial charge on any atom is -0.316 e. The van der Waals surface area contributed by atoms with Gasteiger partial charge in [-0.05, 0) is 18.3 Å². The third-order valence-corrected chi connectivity index (χ3v) is 1.78. The van der Waals surface area contributed by atoms with Gasteiger partial charge in [0.2, 0.25) is 0 Å². The van der Waals surface area contributed by atoms with Gasteiger partial charge >= 0.3 is 0 Å². The predicted molar refractivity (Wildman–Crippen MR) is 40.8 cm³/mol. The second-order valence-corrected chi connectivity index (χ2v) is 3.12. The van der Waals surface area contributed by atoms with Crippen molar-refractivity contribution in [2.24, 2.45) is 23.3 Å². The molecule has 0 saturated carbocycles. The second kappa shape index (κ2) is 3.85. The van der Waals surface area contributed by atoms with Crippen molar-refractivity contribution >= 4 is 0 Å². The molecule has 0 spiro atoms. The van der Waals surface area contributed by atoms with E-state index in [2.05, 4.69) is 20.8 Å². The zero-order chi connectivity index (χ0) is 7.44. The molecule has 0 aliphatic heterocycles. The molecule has 0 rings (SSSR count). The van der Waals surface area contributed by atoms with Crippen molar-refractivity contribution < 1.29 is 0 Å². The average Bonchev–Trinajstić information content (AvgIpc) is 1.63. The van der Waals surface area contributed by atoms with E-state index in [-0.39, 0.29) is 6.17 Å². The molecule has 2 nitrogen and oxygen atoms in total. The van der Waals surface area contributed by atoms with Crippen molar-refractivity contribution in [1.82, 2.24) is 0 Å². The maximum absolute atomic E-state index is 5.41. The van der Waals surface area contributed by atoms with Crippen LogP contribution in [0.15, 0.2) is 0 Å². The Hall–Kier alpha value is -0.0800. The van der Waals surface area contributed by atoms with Crippen LogP contribution in [0.25, 0.3) is 0 Å². The summed E-state index contributed by atoms with van der Waals surface area (Å²) >= 11 is 0. The van der Waals surface area contributed by atoms with Crippen molar-refractivity contribution in [3.63, 3.8) is 0 Å². The zero-order valence-corrected chi connectivity index (χ0v) is 6.59. The molecular weight excluding hydrogens is 112 g/mol. The molecule has 56 valence electrons. The molecule has 0 aromatic carbocycles. The van der Waals surface area contributed by atoms with Crippen LogP contribution < -0.4 is 11.5 Å². The van der Waals surface area contributed by atoms with E-state index in [1.165, 1.54) is 0 Å². The van der Waals surface area contributed by atoms with Gasteiger partial charge < -0.3 is 11.5 Å². The van der Waals surface area contributed by atoms with Crippen molar-refractivity contribution in [1.29, 1.82) is 0 Å². The zero-order valence-electron chi connectivity index (χ0n) is 6.59. The van der Waals surface area contributed by atoms with E-state index in [9.17, 15) is 0 Å². The van der Waals surface area contributed by atoms with Crippen molar-refractivity contribution in [2.45, 2.75) is 33.4 Å². The monoisotopic (exact) mass is 130 g/mol. The molecule has 0 fully saturated rings. The minimum atomic E-state index is -0.137. The quantitative estimate of drug-likeness (QED) is 0.558. The van der Waals surface area contributed by atoms with E-state index in [1.54, 1.807) is 0 Å². The lowest BCUT2D eigenvalue weighted by molar-refractivity contribution is 0.363. The molecule has 1 unspecified atom stereocenters. The van der Waals surface area contributed by atoms with Gasteiger partial charge in [-0.1, -0.05) is 20.8 Å². The lowest BCUT2D eigenvalue weighted by atomic mass is 9.94. The third-order valence-electron chi connectivity index (χ3n) is 1.78. The molecule has 0 amide bonds. The predicted octanol–water partition coefficient (Wildman–Crippen LogP) is 0.912. The number of rotatable bonds is 3. The molecule has 1 atom stereocenters. The van der Waals surface area contributed by atoms with Crippen LogP contribution in [-0.4, -0.2) is 6.17 Å². The molecular formula is C7H18N2. The summed E-state index contributed by atoms with van der Waals surface area (Å²) in [6.45, 7) is 6.55. The molecule has 2 heteroatoms. The topological polar surface area (TPSA) is 52.0 Å². The molecule has 9 heavy (non-hydrogen) atoms. The summed E-state index contributed by atoms with van der Waals surface area (Å²) in [4.78, 5) is 0. The molecule has 0 heterocycles. The Morgan fingerprint density at radius 3 is 1.67 bits per heavy atom. The standard InChI is InChI=1S/C7H18N2/c1-5(2)6(3)4-7(8)9/h5-7H,4,8-9H2,1-3H3. The van der Waals surface area contributed by atoms with Crippen LogP contribution >= 0.6 is 0 Å². The van der Waals surface area contributed by atoms with E-state index < -0.39 is 0 Å². The van der Waals surface area contributed by atoms with E-state index in [0.29, 0.717) is 11.8 Å². The highest BCUT2D eigenvalue weighted by Crippen LogP contribution is 2.13. The minimum absolute atomic E-state index is 0.137. The van der Waals surface area contributed by atoms with Gasteiger partial charge in [-0.3, -0.25) is 0 Å². The SMILES string of the molecule is CC(C)C(C)CC(N)N. The van der Waals surface area contributed by atoms with E-state index in [0.717, 1.165) is 6.42 Å².